The molecule has 0 saturated carbocycles. The first-order valence-electron chi connectivity index (χ1n) is 5.03. The van der Waals surface area contributed by atoms with Crippen LogP contribution in [0.4, 0.5) is 0 Å². The average Bonchev–Trinajstić information content (AvgIpc) is 2.84. The number of hydrogen-bond acceptors (Lipinski definition) is 3. The second-order valence-electron chi connectivity index (χ2n) is 3.58. The lowest BCUT2D eigenvalue weighted by molar-refractivity contribution is 0.454. The summed E-state index contributed by atoms with van der Waals surface area (Å²) < 4.78 is 7.33. The van der Waals surface area contributed by atoms with Gasteiger partial charge in [0.15, 0.2) is 0 Å². The maximum absolute atomic E-state index is 6.05. The first kappa shape index (κ1) is 9.98. The molecular formula is C11H15N3O. The Labute approximate surface area is 88.7 Å². The van der Waals surface area contributed by atoms with Crippen LogP contribution in [-0.4, -0.2) is 9.78 Å². The summed E-state index contributed by atoms with van der Waals surface area (Å²) in [4.78, 5) is 0. The Balaban J connectivity index is 2.23. The van der Waals surface area contributed by atoms with Crippen molar-refractivity contribution < 1.29 is 4.42 Å². The zero-order valence-electron chi connectivity index (χ0n) is 8.97. The predicted octanol–water partition coefficient (Wildman–Crippen LogP) is 1.62. The molecule has 1 unspecified atom stereocenters. The van der Waals surface area contributed by atoms with E-state index in [0.29, 0.717) is 0 Å². The number of aryl methyl sites for hydroxylation is 2. The minimum absolute atomic E-state index is 0.223. The first-order valence-corrected chi connectivity index (χ1v) is 5.03. The van der Waals surface area contributed by atoms with Crippen molar-refractivity contribution >= 4 is 0 Å². The number of nitrogens with two attached hydrogens (primary N) is 1. The Morgan fingerprint density at radius 3 is 2.87 bits per heavy atom. The zero-order valence-corrected chi connectivity index (χ0v) is 8.97. The molecule has 4 nitrogen and oxygen atoms in total. The maximum atomic E-state index is 6.05. The molecule has 0 aliphatic carbocycles. The fraction of sp³-hybridized carbons (Fsp3) is 0.364. The number of hydrogen-bond donors (Lipinski definition) is 1. The van der Waals surface area contributed by atoms with Gasteiger partial charge in [-0.3, -0.25) is 4.68 Å². The van der Waals surface area contributed by atoms with E-state index in [2.05, 4.69) is 12.0 Å². The van der Waals surface area contributed by atoms with Crippen molar-refractivity contribution in [3.8, 4) is 0 Å². The highest BCUT2D eigenvalue weighted by molar-refractivity contribution is 5.22. The molecular weight excluding hydrogens is 190 g/mol. The van der Waals surface area contributed by atoms with Crippen LogP contribution in [0.15, 0.2) is 28.9 Å². The van der Waals surface area contributed by atoms with Crippen LogP contribution in [0.5, 0.6) is 0 Å². The summed E-state index contributed by atoms with van der Waals surface area (Å²) in [7, 11) is 1.87. The molecule has 0 aromatic carbocycles. The van der Waals surface area contributed by atoms with E-state index in [1.165, 1.54) is 0 Å². The Kier molecular flexibility index (Phi) is 2.60. The average molecular weight is 205 g/mol. The van der Waals surface area contributed by atoms with Crippen LogP contribution in [-0.2, 0) is 13.5 Å². The van der Waals surface area contributed by atoms with Crippen molar-refractivity contribution in [2.24, 2.45) is 12.8 Å². The lowest BCUT2D eigenvalue weighted by atomic mass is 10.1. The molecule has 0 fully saturated rings. The maximum Gasteiger partial charge on any atom is 0.125 e. The minimum atomic E-state index is -0.223. The van der Waals surface area contributed by atoms with Gasteiger partial charge in [-0.25, -0.2) is 0 Å². The molecule has 0 bridgehead atoms. The van der Waals surface area contributed by atoms with Crippen molar-refractivity contribution in [2.45, 2.75) is 19.4 Å². The van der Waals surface area contributed by atoms with Gasteiger partial charge in [0.05, 0.1) is 12.2 Å². The van der Waals surface area contributed by atoms with Gasteiger partial charge in [0.25, 0.3) is 0 Å². The predicted molar refractivity (Wildman–Crippen MR) is 57.3 cm³/mol. The van der Waals surface area contributed by atoms with Gasteiger partial charge in [-0.15, -0.1) is 0 Å². The molecule has 0 aliphatic rings. The monoisotopic (exact) mass is 205 g/mol. The molecule has 2 rings (SSSR count). The van der Waals surface area contributed by atoms with Gasteiger partial charge >= 0.3 is 0 Å². The topological polar surface area (TPSA) is 57.0 Å². The third kappa shape index (κ3) is 1.94. The second-order valence-corrected chi connectivity index (χ2v) is 3.58. The van der Waals surface area contributed by atoms with Crippen LogP contribution in [0.1, 0.15) is 30.0 Å². The summed E-state index contributed by atoms with van der Waals surface area (Å²) in [5.74, 6) is 1.75. The highest BCUT2D eigenvalue weighted by Gasteiger charge is 2.14. The number of furan rings is 1. The van der Waals surface area contributed by atoms with Gasteiger partial charge in [-0.1, -0.05) is 6.92 Å². The minimum Gasteiger partial charge on any atom is -0.464 e. The molecule has 0 radical (unpaired) electrons. The summed E-state index contributed by atoms with van der Waals surface area (Å²) in [6, 6.07) is 3.67. The molecule has 2 N–H and O–H groups in total. The summed E-state index contributed by atoms with van der Waals surface area (Å²) in [5, 5.41) is 4.09. The van der Waals surface area contributed by atoms with Crippen LogP contribution in [0, 0.1) is 0 Å². The Morgan fingerprint density at radius 2 is 2.33 bits per heavy atom. The SMILES string of the molecule is CCc1ccc(C(N)c2cnn(C)c2)o1. The van der Waals surface area contributed by atoms with E-state index >= 15 is 0 Å². The fourth-order valence-electron chi connectivity index (χ4n) is 1.52. The molecule has 2 aromatic heterocycles. The van der Waals surface area contributed by atoms with E-state index in [1.807, 2.05) is 25.4 Å². The quantitative estimate of drug-likeness (QED) is 0.828. The van der Waals surface area contributed by atoms with Crippen LogP contribution in [0.3, 0.4) is 0 Å². The van der Waals surface area contributed by atoms with Crippen LogP contribution in [0.2, 0.25) is 0 Å². The van der Waals surface area contributed by atoms with Gasteiger partial charge < -0.3 is 10.2 Å². The van der Waals surface area contributed by atoms with Crippen molar-refractivity contribution in [3.63, 3.8) is 0 Å². The number of rotatable bonds is 3. The molecule has 2 aromatic rings. The largest absolute Gasteiger partial charge is 0.464 e. The van der Waals surface area contributed by atoms with Gasteiger partial charge in [0.1, 0.15) is 11.5 Å². The number of nitrogens with zero attached hydrogens (tertiary/aromatic N) is 2. The lowest BCUT2D eigenvalue weighted by Gasteiger charge is -2.04. The molecule has 0 amide bonds. The molecule has 0 aliphatic heterocycles. The van der Waals surface area contributed by atoms with E-state index in [-0.39, 0.29) is 6.04 Å². The highest BCUT2D eigenvalue weighted by Crippen LogP contribution is 2.21. The summed E-state index contributed by atoms with van der Waals surface area (Å²) in [6.45, 7) is 2.05. The van der Waals surface area contributed by atoms with E-state index in [9.17, 15) is 0 Å². The molecule has 2 heterocycles. The third-order valence-electron chi connectivity index (χ3n) is 2.42. The van der Waals surface area contributed by atoms with E-state index in [4.69, 9.17) is 10.2 Å². The van der Waals surface area contributed by atoms with Gasteiger partial charge in [0, 0.05) is 25.2 Å². The lowest BCUT2D eigenvalue weighted by Crippen LogP contribution is -2.09. The molecule has 1 atom stereocenters. The zero-order chi connectivity index (χ0) is 10.8. The third-order valence-corrected chi connectivity index (χ3v) is 2.42. The van der Waals surface area contributed by atoms with E-state index in [0.717, 1.165) is 23.5 Å². The first-order chi connectivity index (χ1) is 7.20. The van der Waals surface area contributed by atoms with E-state index in [1.54, 1.807) is 10.9 Å². The highest BCUT2D eigenvalue weighted by atomic mass is 16.3. The summed E-state index contributed by atoms with van der Waals surface area (Å²) >= 11 is 0. The van der Waals surface area contributed by atoms with E-state index < -0.39 is 0 Å². The summed E-state index contributed by atoms with van der Waals surface area (Å²) in [5.41, 5.74) is 7.02. The fourth-order valence-corrected chi connectivity index (χ4v) is 1.52. The van der Waals surface area contributed by atoms with Gasteiger partial charge in [-0.2, -0.15) is 5.10 Å². The van der Waals surface area contributed by atoms with Gasteiger partial charge in [-0.05, 0) is 12.1 Å². The Hall–Kier alpha value is -1.55. The van der Waals surface area contributed by atoms with Crippen molar-refractivity contribution in [1.82, 2.24) is 9.78 Å². The van der Waals surface area contributed by atoms with Crippen molar-refractivity contribution in [1.29, 1.82) is 0 Å². The van der Waals surface area contributed by atoms with Crippen LogP contribution < -0.4 is 5.73 Å². The van der Waals surface area contributed by atoms with Crippen LogP contribution in [0.25, 0.3) is 0 Å². The van der Waals surface area contributed by atoms with Crippen LogP contribution >= 0.6 is 0 Å². The molecule has 0 saturated heterocycles. The molecule has 4 heteroatoms. The Bertz CT molecular complexity index is 444. The smallest absolute Gasteiger partial charge is 0.125 e. The standard InChI is InChI=1S/C11H15N3O/c1-3-9-4-5-10(15-9)11(12)8-6-13-14(2)7-8/h4-7,11H,3,12H2,1-2H3. The number of aromatic nitrogens is 2. The molecule has 15 heavy (non-hydrogen) atoms. The second kappa shape index (κ2) is 3.90. The Morgan fingerprint density at radius 1 is 1.53 bits per heavy atom. The molecule has 0 spiro atoms. The van der Waals surface area contributed by atoms with Crippen molar-refractivity contribution in [2.75, 3.05) is 0 Å². The normalized spacial score (nSPS) is 13.0. The summed E-state index contributed by atoms with van der Waals surface area (Å²) in [6.07, 6.45) is 4.55. The van der Waals surface area contributed by atoms with Gasteiger partial charge in [0.2, 0.25) is 0 Å². The molecule has 80 valence electrons. The van der Waals surface area contributed by atoms with Crippen molar-refractivity contribution in [3.05, 3.63) is 41.6 Å².